The number of nitrogens with zero attached hydrogens (tertiary/aromatic N) is 2. The van der Waals surface area contributed by atoms with Crippen molar-refractivity contribution in [1.82, 2.24) is 9.80 Å². The maximum atomic E-state index is 12.2. The molecule has 0 spiro atoms. The highest BCUT2D eigenvalue weighted by Gasteiger charge is 2.17. The lowest BCUT2D eigenvalue weighted by molar-refractivity contribution is 0.133. The van der Waals surface area contributed by atoms with Gasteiger partial charge in [-0.25, -0.2) is 0 Å². The molecule has 1 aromatic carbocycles. The first-order valence-corrected chi connectivity index (χ1v) is 9.91. The molecule has 5 heteroatoms. The van der Waals surface area contributed by atoms with Gasteiger partial charge in [-0.05, 0) is 23.6 Å². The van der Waals surface area contributed by atoms with Crippen LogP contribution in [0, 0.1) is 0 Å². The lowest BCUT2D eigenvalue weighted by atomic mass is 10.3. The van der Waals surface area contributed by atoms with Crippen molar-refractivity contribution in [1.29, 1.82) is 0 Å². The van der Waals surface area contributed by atoms with E-state index in [4.69, 9.17) is 0 Å². The summed E-state index contributed by atoms with van der Waals surface area (Å²) in [6.45, 7) is 6.37. The van der Waals surface area contributed by atoms with Gasteiger partial charge in [0.05, 0.1) is 10.8 Å². The third-order valence-electron chi connectivity index (χ3n) is 4.02. The normalized spacial score (nSPS) is 18.4. The molecule has 2 heterocycles. The molecule has 1 aromatic heterocycles. The van der Waals surface area contributed by atoms with Crippen molar-refractivity contribution in [3.63, 3.8) is 0 Å². The molecule has 1 unspecified atom stereocenters. The van der Waals surface area contributed by atoms with Crippen LogP contribution in [0.5, 0.6) is 0 Å². The van der Waals surface area contributed by atoms with Gasteiger partial charge in [0, 0.05) is 54.8 Å². The maximum absolute atomic E-state index is 12.2. The summed E-state index contributed by atoms with van der Waals surface area (Å²) in [5.74, 6) is 0.731. The minimum Gasteiger partial charge on any atom is -0.300 e. The van der Waals surface area contributed by atoms with Crippen LogP contribution in [-0.2, 0) is 17.3 Å². The zero-order chi connectivity index (χ0) is 15.2. The maximum Gasteiger partial charge on any atom is 0.0542 e. The number of thiophene rings is 1. The Bertz CT molecular complexity index is 578. The van der Waals surface area contributed by atoms with E-state index in [0.717, 1.165) is 49.9 Å². The van der Waals surface area contributed by atoms with E-state index in [9.17, 15) is 4.21 Å². The molecule has 22 heavy (non-hydrogen) atoms. The number of hydrogen-bond donors (Lipinski definition) is 0. The fraction of sp³-hybridized carbons (Fsp3) is 0.412. The van der Waals surface area contributed by atoms with E-state index in [-0.39, 0.29) is 0 Å². The van der Waals surface area contributed by atoms with Crippen molar-refractivity contribution in [3.8, 4) is 0 Å². The summed E-state index contributed by atoms with van der Waals surface area (Å²) >= 11 is 1.83. The summed E-state index contributed by atoms with van der Waals surface area (Å²) in [5.41, 5.74) is 0. The molecule has 0 radical (unpaired) electrons. The first-order chi connectivity index (χ1) is 10.8. The third-order valence-corrected chi connectivity index (χ3v) is 6.24. The molecular formula is C17H22N2OS2. The van der Waals surface area contributed by atoms with Gasteiger partial charge in [-0.1, -0.05) is 24.3 Å². The van der Waals surface area contributed by atoms with Crippen LogP contribution in [0.1, 0.15) is 4.88 Å². The Morgan fingerprint density at radius 3 is 2.36 bits per heavy atom. The average molecular weight is 335 g/mol. The van der Waals surface area contributed by atoms with E-state index in [2.05, 4.69) is 27.3 Å². The SMILES string of the molecule is O=S(CCN1CCN(Cc2cccs2)CC1)c1ccccc1. The number of rotatable bonds is 6. The van der Waals surface area contributed by atoms with Crippen molar-refractivity contribution in [2.24, 2.45) is 0 Å². The Morgan fingerprint density at radius 2 is 1.68 bits per heavy atom. The van der Waals surface area contributed by atoms with Gasteiger partial charge in [-0.15, -0.1) is 11.3 Å². The monoisotopic (exact) mass is 334 g/mol. The van der Waals surface area contributed by atoms with Crippen LogP contribution in [0.15, 0.2) is 52.7 Å². The summed E-state index contributed by atoms with van der Waals surface area (Å²) in [6.07, 6.45) is 0. The fourth-order valence-electron chi connectivity index (χ4n) is 2.70. The number of benzene rings is 1. The van der Waals surface area contributed by atoms with Crippen LogP contribution in [0.3, 0.4) is 0 Å². The average Bonchev–Trinajstić information content (AvgIpc) is 3.08. The van der Waals surface area contributed by atoms with Gasteiger partial charge >= 0.3 is 0 Å². The Labute approximate surface area is 139 Å². The fourth-order valence-corrected chi connectivity index (χ4v) is 4.56. The zero-order valence-electron chi connectivity index (χ0n) is 12.7. The molecular weight excluding hydrogens is 312 g/mol. The smallest absolute Gasteiger partial charge is 0.0542 e. The highest BCUT2D eigenvalue weighted by Crippen LogP contribution is 2.13. The summed E-state index contributed by atoms with van der Waals surface area (Å²) in [5, 5.41) is 2.14. The van der Waals surface area contributed by atoms with E-state index < -0.39 is 10.8 Å². The highest BCUT2D eigenvalue weighted by atomic mass is 32.2. The van der Waals surface area contributed by atoms with Crippen LogP contribution >= 0.6 is 11.3 Å². The summed E-state index contributed by atoms with van der Waals surface area (Å²) < 4.78 is 12.2. The first-order valence-electron chi connectivity index (χ1n) is 7.72. The summed E-state index contributed by atoms with van der Waals surface area (Å²) in [4.78, 5) is 7.33. The molecule has 0 N–H and O–H groups in total. The quantitative estimate of drug-likeness (QED) is 0.811. The molecule has 0 saturated carbocycles. The lowest BCUT2D eigenvalue weighted by Crippen LogP contribution is -2.46. The second-order valence-corrected chi connectivity index (χ2v) is 8.16. The van der Waals surface area contributed by atoms with Crippen molar-refractivity contribution in [2.75, 3.05) is 38.5 Å². The van der Waals surface area contributed by atoms with Crippen LogP contribution in [0.25, 0.3) is 0 Å². The van der Waals surface area contributed by atoms with Crippen LogP contribution in [0.2, 0.25) is 0 Å². The van der Waals surface area contributed by atoms with E-state index in [1.54, 1.807) is 0 Å². The summed E-state index contributed by atoms with van der Waals surface area (Å²) in [7, 11) is -0.874. The molecule has 3 nitrogen and oxygen atoms in total. The van der Waals surface area contributed by atoms with Gasteiger partial charge in [0.2, 0.25) is 0 Å². The molecule has 1 aliphatic rings. The molecule has 3 rings (SSSR count). The first kappa shape index (κ1) is 15.9. The van der Waals surface area contributed by atoms with E-state index in [1.165, 1.54) is 4.88 Å². The molecule has 0 bridgehead atoms. The predicted octanol–water partition coefficient (Wildman–Crippen LogP) is 2.67. The van der Waals surface area contributed by atoms with Crippen molar-refractivity contribution in [3.05, 3.63) is 52.7 Å². The Hall–Kier alpha value is -1.01. The Balaban J connectivity index is 1.40. The highest BCUT2D eigenvalue weighted by molar-refractivity contribution is 7.85. The molecule has 1 saturated heterocycles. The Morgan fingerprint density at radius 1 is 0.955 bits per heavy atom. The largest absolute Gasteiger partial charge is 0.300 e. The minimum atomic E-state index is -0.874. The molecule has 0 amide bonds. The number of piperazine rings is 1. The van der Waals surface area contributed by atoms with Gasteiger partial charge in [-0.2, -0.15) is 0 Å². The minimum absolute atomic E-state index is 0.731. The molecule has 118 valence electrons. The third kappa shape index (κ3) is 4.49. The van der Waals surface area contributed by atoms with E-state index >= 15 is 0 Å². The van der Waals surface area contributed by atoms with Crippen molar-refractivity contribution < 1.29 is 4.21 Å². The van der Waals surface area contributed by atoms with E-state index in [1.807, 2.05) is 41.7 Å². The van der Waals surface area contributed by atoms with Gasteiger partial charge in [0.1, 0.15) is 0 Å². The molecule has 0 aliphatic carbocycles. The Kier molecular flexibility index (Phi) is 5.78. The van der Waals surface area contributed by atoms with Crippen LogP contribution < -0.4 is 0 Å². The topological polar surface area (TPSA) is 23.6 Å². The standard InChI is InChI=1S/C17H22N2OS2/c20-22(17-6-2-1-3-7-17)14-12-18-8-10-19(11-9-18)15-16-5-4-13-21-16/h1-7,13H,8-12,14-15H2. The molecule has 1 aliphatic heterocycles. The second-order valence-electron chi connectivity index (χ2n) is 5.56. The van der Waals surface area contributed by atoms with Crippen LogP contribution in [0.4, 0.5) is 0 Å². The zero-order valence-corrected chi connectivity index (χ0v) is 14.3. The number of hydrogen-bond acceptors (Lipinski definition) is 4. The van der Waals surface area contributed by atoms with Gasteiger partial charge < -0.3 is 0 Å². The van der Waals surface area contributed by atoms with Gasteiger partial charge in [0.15, 0.2) is 0 Å². The van der Waals surface area contributed by atoms with Crippen LogP contribution in [-0.4, -0.2) is 52.5 Å². The summed E-state index contributed by atoms with van der Waals surface area (Å²) in [6, 6.07) is 14.1. The lowest BCUT2D eigenvalue weighted by Gasteiger charge is -2.34. The second kappa shape index (κ2) is 8.02. The molecule has 1 atom stereocenters. The van der Waals surface area contributed by atoms with E-state index in [0.29, 0.717) is 0 Å². The van der Waals surface area contributed by atoms with Gasteiger partial charge in [0.25, 0.3) is 0 Å². The molecule has 1 fully saturated rings. The van der Waals surface area contributed by atoms with Crippen molar-refractivity contribution >= 4 is 22.1 Å². The van der Waals surface area contributed by atoms with Crippen molar-refractivity contribution in [2.45, 2.75) is 11.4 Å². The molecule has 2 aromatic rings. The van der Waals surface area contributed by atoms with Gasteiger partial charge in [-0.3, -0.25) is 14.0 Å². The predicted molar refractivity (Wildman–Crippen MR) is 93.8 cm³/mol.